The predicted octanol–water partition coefficient (Wildman–Crippen LogP) is 5.64. The molecule has 0 aliphatic heterocycles. The lowest BCUT2D eigenvalue weighted by molar-refractivity contribution is 0.0526. The van der Waals surface area contributed by atoms with Crippen LogP contribution < -0.4 is 9.62 Å². The van der Waals surface area contributed by atoms with Crippen molar-refractivity contribution in [3.63, 3.8) is 0 Å². The van der Waals surface area contributed by atoms with E-state index >= 15 is 0 Å². The molecule has 0 unspecified atom stereocenters. The summed E-state index contributed by atoms with van der Waals surface area (Å²) in [6.07, 6.45) is 4.98. The standard InChI is InChI=1S/C28H32N2O5S2/c1-5-35-28(32)24-22-11-6-7-12-23(22)36-27(24)29-26(31)21-15-13-20(14-16-21)17-30(37(4,33)34)25-18(2)9-8-10-19(25)3/h8-10,13-16H,5-7,11-12,17H2,1-4H3,(H,29,31). The number of para-hydroxylation sites is 1. The van der Waals surface area contributed by atoms with Crippen LogP contribution in [0.2, 0.25) is 0 Å². The third kappa shape index (κ3) is 5.88. The Hall–Kier alpha value is -3.17. The van der Waals surface area contributed by atoms with Crippen molar-refractivity contribution in [1.82, 2.24) is 0 Å². The molecular formula is C28H32N2O5S2. The Bertz CT molecular complexity index is 1410. The number of nitrogens with one attached hydrogen (secondary N) is 1. The molecular weight excluding hydrogens is 508 g/mol. The lowest BCUT2D eigenvalue weighted by Crippen LogP contribution is -2.30. The van der Waals surface area contributed by atoms with Gasteiger partial charge in [0, 0.05) is 10.4 Å². The smallest absolute Gasteiger partial charge is 0.341 e. The second-order valence-electron chi connectivity index (χ2n) is 9.30. The first kappa shape index (κ1) is 26.9. The number of hydrogen-bond acceptors (Lipinski definition) is 6. The third-order valence-electron chi connectivity index (χ3n) is 6.51. The molecule has 0 saturated heterocycles. The second kappa shape index (κ2) is 11.1. The largest absolute Gasteiger partial charge is 0.462 e. The van der Waals surface area contributed by atoms with Crippen LogP contribution in [0.25, 0.3) is 0 Å². The number of sulfonamides is 1. The summed E-state index contributed by atoms with van der Waals surface area (Å²) in [5, 5.41) is 3.45. The maximum Gasteiger partial charge on any atom is 0.341 e. The average Bonchev–Trinajstić information content (AvgIpc) is 3.21. The van der Waals surface area contributed by atoms with Crippen LogP contribution in [0.15, 0.2) is 42.5 Å². The minimum absolute atomic E-state index is 0.150. The van der Waals surface area contributed by atoms with E-state index in [0.29, 0.717) is 21.8 Å². The molecule has 1 aliphatic carbocycles. The third-order valence-corrected chi connectivity index (χ3v) is 8.83. The second-order valence-corrected chi connectivity index (χ2v) is 12.3. The summed E-state index contributed by atoms with van der Waals surface area (Å²) in [6.45, 7) is 5.96. The zero-order chi connectivity index (χ0) is 26.7. The number of fused-ring (bicyclic) bond motifs is 1. The van der Waals surface area contributed by atoms with Crippen molar-refractivity contribution in [1.29, 1.82) is 0 Å². The molecule has 0 saturated carbocycles. The zero-order valence-corrected chi connectivity index (χ0v) is 23.2. The van der Waals surface area contributed by atoms with Crippen LogP contribution in [-0.2, 0) is 34.1 Å². The molecule has 4 rings (SSSR count). The lowest BCUT2D eigenvalue weighted by Gasteiger charge is -2.26. The molecule has 9 heteroatoms. The van der Waals surface area contributed by atoms with Gasteiger partial charge in [0.25, 0.3) is 5.91 Å². The topological polar surface area (TPSA) is 92.8 Å². The molecule has 7 nitrogen and oxygen atoms in total. The van der Waals surface area contributed by atoms with Crippen LogP contribution in [-0.4, -0.2) is 33.2 Å². The van der Waals surface area contributed by atoms with Gasteiger partial charge in [-0.1, -0.05) is 30.3 Å². The van der Waals surface area contributed by atoms with Crippen molar-refractivity contribution in [2.24, 2.45) is 0 Å². The van der Waals surface area contributed by atoms with Gasteiger partial charge in [0.05, 0.1) is 30.7 Å². The lowest BCUT2D eigenvalue weighted by atomic mass is 9.95. The van der Waals surface area contributed by atoms with E-state index in [1.807, 2.05) is 32.0 Å². The summed E-state index contributed by atoms with van der Waals surface area (Å²) < 4.78 is 32.0. The van der Waals surface area contributed by atoms with Crippen molar-refractivity contribution in [2.75, 3.05) is 22.5 Å². The molecule has 37 heavy (non-hydrogen) atoms. The van der Waals surface area contributed by atoms with Gasteiger partial charge in [0.2, 0.25) is 10.0 Å². The van der Waals surface area contributed by atoms with E-state index in [-0.39, 0.29) is 19.1 Å². The number of anilines is 2. The highest BCUT2D eigenvalue weighted by Crippen LogP contribution is 2.39. The number of nitrogens with zero attached hydrogens (tertiary/aromatic N) is 1. The van der Waals surface area contributed by atoms with Gasteiger partial charge in [-0.25, -0.2) is 13.2 Å². The molecule has 0 atom stereocenters. The van der Waals surface area contributed by atoms with Crippen molar-refractivity contribution < 1.29 is 22.7 Å². The Balaban J connectivity index is 1.56. The highest BCUT2D eigenvalue weighted by atomic mass is 32.2. The summed E-state index contributed by atoms with van der Waals surface area (Å²) in [5.74, 6) is -0.731. The van der Waals surface area contributed by atoms with Gasteiger partial charge in [0.1, 0.15) is 5.00 Å². The van der Waals surface area contributed by atoms with Crippen molar-refractivity contribution in [3.05, 3.63) is 80.7 Å². The van der Waals surface area contributed by atoms with Crippen LogP contribution in [0.4, 0.5) is 10.7 Å². The van der Waals surface area contributed by atoms with Crippen LogP contribution in [0, 0.1) is 13.8 Å². The van der Waals surface area contributed by atoms with Crippen molar-refractivity contribution in [2.45, 2.75) is 53.0 Å². The number of amides is 1. The Morgan fingerprint density at radius 1 is 1.03 bits per heavy atom. The molecule has 1 aromatic heterocycles. The summed E-state index contributed by atoms with van der Waals surface area (Å²) in [4.78, 5) is 26.9. The number of benzene rings is 2. The highest BCUT2D eigenvalue weighted by Gasteiger charge is 2.27. The van der Waals surface area contributed by atoms with Gasteiger partial charge >= 0.3 is 5.97 Å². The fourth-order valence-corrected chi connectivity index (χ4v) is 7.01. The molecule has 1 N–H and O–H groups in total. The molecule has 1 heterocycles. The summed E-state index contributed by atoms with van der Waals surface area (Å²) in [6, 6.07) is 12.5. The number of carbonyl (C=O) groups is 2. The monoisotopic (exact) mass is 540 g/mol. The SMILES string of the molecule is CCOC(=O)c1c(NC(=O)c2ccc(CN(c3c(C)cccc3C)S(C)(=O)=O)cc2)sc2c1CCCC2. The van der Waals surface area contributed by atoms with Gasteiger partial charge in [-0.2, -0.15) is 0 Å². The van der Waals surface area contributed by atoms with Crippen LogP contribution >= 0.6 is 11.3 Å². The minimum Gasteiger partial charge on any atom is -0.462 e. The number of hydrogen-bond donors (Lipinski definition) is 1. The average molecular weight is 541 g/mol. The number of aryl methyl sites for hydroxylation is 3. The Morgan fingerprint density at radius 2 is 1.68 bits per heavy atom. The van der Waals surface area contributed by atoms with Crippen molar-refractivity contribution in [3.8, 4) is 0 Å². The Morgan fingerprint density at radius 3 is 2.30 bits per heavy atom. The van der Waals surface area contributed by atoms with Gasteiger partial charge in [-0.3, -0.25) is 9.10 Å². The van der Waals surface area contributed by atoms with Crippen LogP contribution in [0.3, 0.4) is 0 Å². The van der Waals surface area contributed by atoms with E-state index in [4.69, 9.17) is 4.74 Å². The Labute approximate surface area is 222 Å². The van der Waals surface area contributed by atoms with Gasteiger partial charge in [-0.05, 0) is 80.8 Å². The maximum atomic E-state index is 13.1. The number of thiophene rings is 1. The van der Waals surface area contributed by atoms with Gasteiger partial charge in [-0.15, -0.1) is 11.3 Å². The molecule has 0 fully saturated rings. The first-order valence-corrected chi connectivity index (χ1v) is 15.0. The molecule has 0 radical (unpaired) electrons. The first-order chi connectivity index (χ1) is 17.6. The molecule has 0 bridgehead atoms. The maximum absolute atomic E-state index is 13.1. The molecule has 1 amide bonds. The number of esters is 1. The fourth-order valence-electron chi connectivity index (χ4n) is 4.74. The summed E-state index contributed by atoms with van der Waals surface area (Å²) >= 11 is 1.45. The van der Waals surface area contributed by atoms with E-state index < -0.39 is 16.0 Å². The van der Waals surface area contributed by atoms with E-state index in [9.17, 15) is 18.0 Å². The minimum atomic E-state index is -3.54. The predicted molar refractivity (Wildman–Crippen MR) is 148 cm³/mol. The zero-order valence-electron chi connectivity index (χ0n) is 21.6. The Kier molecular flexibility index (Phi) is 8.04. The molecule has 2 aromatic carbocycles. The molecule has 3 aromatic rings. The van der Waals surface area contributed by atoms with E-state index in [2.05, 4.69) is 5.32 Å². The van der Waals surface area contributed by atoms with Gasteiger partial charge < -0.3 is 10.1 Å². The fraction of sp³-hybridized carbons (Fsp3) is 0.357. The highest BCUT2D eigenvalue weighted by molar-refractivity contribution is 7.92. The van der Waals surface area contributed by atoms with E-state index in [1.54, 1.807) is 31.2 Å². The summed E-state index contributed by atoms with van der Waals surface area (Å²) in [5.41, 5.74) is 5.05. The van der Waals surface area contributed by atoms with Crippen LogP contribution in [0.1, 0.15) is 67.6 Å². The van der Waals surface area contributed by atoms with Gasteiger partial charge in [0.15, 0.2) is 0 Å². The first-order valence-electron chi connectivity index (χ1n) is 12.4. The number of carbonyl (C=O) groups excluding carboxylic acids is 2. The molecule has 196 valence electrons. The van der Waals surface area contributed by atoms with E-state index in [0.717, 1.165) is 52.8 Å². The number of ether oxygens (including phenoxy) is 1. The normalized spacial score (nSPS) is 13.1. The summed E-state index contributed by atoms with van der Waals surface area (Å²) in [7, 11) is -3.54. The van der Waals surface area contributed by atoms with E-state index in [1.165, 1.54) is 21.9 Å². The van der Waals surface area contributed by atoms with Crippen LogP contribution in [0.5, 0.6) is 0 Å². The quantitative estimate of drug-likeness (QED) is 0.373. The molecule has 1 aliphatic rings. The van der Waals surface area contributed by atoms with Crippen molar-refractivity contribution >= 4 is 43.9 Å². The molecule has 0 spiro atoms. The number of rotatable bonds is 8.